The number of carbonyl (C=O) groups is 1. The van der Waals surface area contributed by atoms with Gasteiger partial charge in [-0.2, -0.15) is 5.10 Å². The number of benzene rings is 3. The highest BCUT2D eigenvalue weighted by Crippen LogP contribution is 2.52. The number of nitrogens with zero attached hydrogens (tertiary/aromatic N) is 3. The van der Waals surface area contributed by atoms with Crippen LogP contribution in [0.3, 0.4) is 0 Å². The van der Waals surface area contributed by atoms with Crippen molar-refractivity contribution in [1.29, 1.82) is 0 Å². The Morgan fingerprint density at radius 2 is 1.62 bits per heavy atom. The van der Waals surface area contributed by atoms with Crippen LogP contribution >= 0.6 is 11.8 Å². The van der Waals surface area contributed by atoms with Gasteiger partial charge in [0.1, 0.15) is 33.2 Å². The van der Waals surface area contributed by atoms with Crippen LogP contribution in [0, 0.1) is 23.3 Å². The second-order valence-electron chi connectivity index (χ2n) is 10.8. The Bertz CT molecular complexity index is 1470. The van der Waals surface area contributed by atoms with Crippen molar-refractivity contribution < 1.29 is 27.1 Å². The zero-order chi connectivity index (χ0) is 29.9. The Hall–Kier alpha value is -3.21. The fourth-order valence-corrected chi connectivity index (χ4v) is 7.08. The molecule has 222 valence electrons. The molecule has 3 aromatic carbocycles. The summed E-state index contributed by atoms with van der Waals surface area (Å²) in [6.45, 7) is 4.12. The fourth-order valence-electron chi connectivity index (χ4n) is 5.66. The summed E-state index contributed by atoms with van der Waals surface area (Å²) in [5, 5.41) is 5.90. The van der Waals surface area contributed by atoms with E-state index in [2.05, 4.69) is 10.0 Å². The molecule has 3 aromatic rings. The number of ether oxygens (including phenoxy) is 1. The summed E-state index contributed by atoms with van der Waals surface area (Å²) in [5.41, 5.74) is -1.67. The Morgan fingerprint density at radius 3 is 2.31 bits per heavy atom. The third-order valence-corrected chi connectivity index (χ3v) is 9.52. The molecule has 0 aromatic heterocycles. The van der Waals surface area contributed by atoms with Gasteiger partial charge in [0.25, 0.3) is 5.91 Å². The van der Waals surface area contributed by atoms with E-state index in [4.69, 9.17) is 4.74 Å². The van der Waals surface area contributed by atoms with Crippen LogP contribution in [-0.4, -0.2) is 47.6 Å². The van der Waals surface area contributed by atoms with Crippen LogP contribution < -0.4 is 0 Å². The molecule has 1 unspecified atom stereocenters. The van der Waals surface area contributed by atoms with Gasteiger partial charge in [-0.05, 0) is 94.2 Å². The highest BCUT2D eigenvalue weighted by atomic mass is 32.2. The van der Waals surface area contributed by atoms with Gasteiger partial charge in [0.15, 0.2) is 5.60 Å². The molecule has 0 saturated carbocycles. The highest BCUT2D eigenvalue weighted by Gasteiger charge is 2.54. The summed E-state index contributed by atoms with van der Waals surface area (Å²) in [5.74, 6) is -3.68. The zero-order valence-corrected chi connectivity index (χ0v) is 24.4. The molecule has 1 fully saturated rings. The Morgan fingerprint density at radius 1 is 0.952 bits per heavy atom. The molecule has 0 N–H and O–H groups in total. The Balaban J connectivity index is 1.63. The molecule has 10 heteroatoms. The smallest absolute Gasteiger partial charge is 0.281 e. The lowest BCUT2D eigenvalue weighted by Gasteiger charge is -2.40. The molecule has 0 radical (unpaired) electrons. The number of methoxy groups -OCH3 is 1. The van der Waals surface area contributed by atoms with E-state index in [0.717, 1.165) is 80.6 Å². The molecular weight excluding hydrogens is 566 g/mol. The maximum absolute atomic E-state index is 15.1. The predicted octanol–water partition coefficient (Wildman–Crippen LogP) is 7.16. The normalized spacial score (nSPS) is 20.8. The van der Waals surface area contributed by atoms with Gasteiger partial charge in [0, 0.05) is 18.2 Å². The molecular formula is C32H33F4N3O2S. The average Bonchev–Trinajstić information content (AvgIpc) is 3.40. The third-order valence-electron chi connectivity index (χ3n) is 8.07. The Kier molecular flexibility index (Phi) is 9.05. The maximum atomic E-state index is 15.1. The van der Waals surface area contributed by atoms with Crippen LogP contribution in [0.25, 0.3) is 0 Å². The quantitative estimate of drug-likeness (QED) is 0.245. The van der Waals surface area contributed by atoms with E-state index in [-0.39, 0.29) is 16.2 Å². The topological polar surface area (TPSA) is 45.1 Å². The number of piperidine rings is 1. The van der Waals surface area contributed by atoms with Gasteiger partial charge in [-0.1, -0.05) is 48.5 Å². The van der Waals surface area contributed by atoms with Crippen LogP contribution in [-0.2, 0) is 20.0 Å². The van der Waals surface area contributed by atoms with Crippen molar-refractivity contribution in [2.45, 2.75) is 49.5 Å². The average molecular weight is 600 g/mol. The van der Waals surface area contributed by atoms with Crippen molar-refractivity contribution in [1.82, 2.24) is 9.91 Å². The number of likely N-dealkylation sites (tertiary alicyclic amines) is 1. The largest absolute Gasteiger partial charge is 0.364 e. The minimum Gasteiger partial charge on any atom is -0.364 e. The van der Waals surface area contributed by atoms with Crippen LogP contribution in [0.2, 0.25) is 0 Å². The highest BCUT2D eigenvalue weighted by molar-refractivity contribution is 8.15. The number of carbonyl (C=O) groups excluding carboxylic acids is 1. The second-order valence-corrected chi connectivity index (χ2v) is 12.0. The van der Waals surface area contributed by atoms with Crippen LogP contribution in [0.5, 0.6) is 0 Å². The molecule has 5 nitrogen and oxygen atoms in total. The van der Waals surface area contributed by atoms with Crippen molar-refractivity contribution in [3.63, 3.8) is 0 Å². The number of hydrazone groups is 1. The molecule has 1 saturated heterocycles. The number of amides is 1. The van der Waals surface area contributed by atoms with E-state index in [1.54, 1.807) is 0 Å². The lowest BCUT2D eigenvalue weighted by Crippen LogP contribution is -2.51. The number of thioether (sulfide) groups is 1. The summed E-state index contributed by atoms with van der Waals surface area (Å²) in [6.07, 6.45) is 4.52. The zero-order valence-electron chi connectivity index (χ0n) is 23.6. The number of rotatable bonds is 9. The first kappa shape index (κ1) is 30.3. The first-order valence-corrected chi connectivity index (χ1v) is 14.9. The van der Waals surface area contributed by atoms with Gasteiger partial charge >= 0.3 is 0 Å². The summed E-state index contributed by atoms with van der Waals surface area (Å²) in [6, 6.07) is 15.1. The molecule has 0 aliphatic carbocycles. The van der Waals surface area contributed by atoms with Gasteiger partial charge in [0.05, 0.1) is 0 Å². The van der Waals surface area contributed by atoms with Crippen molar-refractivity contribution >= 4 is 22.7 Å². The van der Waals surface area contributed by atoms with Crippen LogP contribution in [0.15, 0.2) is 71.8 Å². The lowest BCUT2D eigenvalue weighted by molar-refractivity contribution is -0.158. The van der Waals surface area contributed by atoms with Crippen molar-refractivity contribution in [3.8, 4) is 0 Å². The Labute approximate surface area is 247 Å². The van der Waals surface area contributed by atoms with E-state index in [1.807, 2.05) is 30.3 Å². The second kappa shape index (κ2) is 12.6. The summed E-state index contributed by atoms with van der Waals surface area (Å²) >= 11 is 1.15. The lowest BCUT2D eigenvalue weighted by atomic mass is 9.91. The number of halogens is 4. The molecule has 2 heterocycles. The van der Waals surface area contributed by atoms with Crippen molar-refractivity contribution in [2.24, 2.45) is 5.10 Å². The fraction of sp³-hybridized carbons (Fsp3) is 0.375. The van der Waals surface area contributed by atoms with E-state index in [9.17, 15) is 13.6 Å². The minimum absolute atomic E-state index is 0.0947. The number of hydrogen-bond acceptors (Lipinski definition) is 5. The van der Waals surface area contributed by atoms with Crippen LogP contribution in [0.1, 0.15) is 55.7 Å². The number of hydrogen-bond donors (Lipinski definition) is 0. The molecule has 0 spiro atoms. The first-order valence-electron chi connectivity index (χ1n) is 14.0. The van der Waals surface area contributed by atoms with Gasteiger partial charge in [-0.15, -0.1) is 0 Å². The monoisotopic (exact) mass is 599 g/mol. The summed E-state index contributed by atoms with van der Waals surface area (Å²) < 4.78 is 64.4. The van der Waals surface area contributed by atoms with Crippen LogP contribution in [0.4, 0.5) is 17.6 Å². The maximum Gasteiger partial charge on any atom is 0.281 e. The van der Waals surface area contributed by atoms with Crippen molar-refractivity contribution in [2.75, 3.05) is 26.7 Å². The predicted molar refractivity (Wildman–Crippen MR) is 156 cm³/mol. The van der Waals surface area contributed by atoms with Gasteiger partial charge in [0.2, 0.25) is 0 Å². The van der Waals surface area contributed by atoms with E-state index in [0.29, 0.717) is 18.4 Å². The minimum atomic E-state index is -1.99. The molecule has 1 amide bonds. The van der Waals surface area contributed by atoms with E-state index in [1.165, 1.54) is 25.5 Å². The standard InChI is InChI=1S/C32H33F4N3O2S/c1-31(41-2,26-21-24(34)13-15-28(26)36)30(40)39-32(22-10-5-3-6-11-22,16-9-19-38-17-7-4-8-18-38)42-29(37-39)25-20-23(33)12-14-27(25)35/h3,5-6,10-15,20-21H,4,7-9,16-19H2,1-2H3/t31-,32?/m0/s1. The van der Waals surface area contributed by atoms with E-state index < -0.39 is 39.6 Å². The van der Waals surface area contributed by atoms with Crippen molar-refractivity contribution in [3.05, 3.63) is 107 Å². The summed E-state index contributed by atoms with van der Waals surface area (Å²) in [4.78, 5) is 15.7. The third kappa shape index (κ3) is 5.85. The van der Waals surface area contributed by atoms with E-state index >= 15 is 8.78 Å². The summed E-state index contributed by atoms with van der Waals surface area (Å²) in [7, 11) is 1.24. The first-order chi connectivity index (χ1) is 20.2. The molecule has 0 bridgehead atoms. The SMILES string of the molecule is CO[C@](C)(C(=O)N1N=C(c2cc(F)ccc2F)SC1(CCCN1CCCCC1)c1ccccc1)c1cc(F)ccc1F. The molecule has 5 rings (SSSR count). The molecule has 42 heavy (non-hydrogen) atoms. The molecule has 2 atom stereocenters. The van der Waals surface area contributed by atoms with Gasteiger partial charge in [-0.25, -0.2) is 22.6 Å². The van der Waals surface area contributed by atoms with Gasteiger partial charge in [-0.3, -0.25) is 4.79 Å². The van der Waals surface area contributed by atoms with Gasteiger partial charge < -0.3 is 9.64 Å². The molecule has 2 aliphatic rings. The molecule has 2 aliphatic heterocycles.